The highest BCUT2D eigenvalue weighted by molar-refractivity contribution is 6.13. The Balaban J connectivity index is 1.25. The lowest BCUT2D eigenvalue weighted by atomic mass is 9.82. The van der Waals surface area contributed by atoms with E-state index in [0.717, 1.165) is 68.8 Å². The fraction of sp³-hybridized carbons (Fsp3) is 0.143. The van der Waals surface area contributed by atoms with Crippen molar-refractivity contribution in [3.8, 4) is 33.9 Å². The number of benzene rings is 6. The van der Waals surface area contributed by atoms with Crippen molar-refractivity contribution in [2.75, 3.05) is 0 Å². The Hall–Kier alpha value is -6.26. The molecule has 9 rings (SSSR count). The quantitative estimate of drug-likeness (QED) is 0.134. The zero-order valence-electron chi connectivity index (χ0n) is 30.1. The highest BCUT2D eigenvalue weighted by Crippen LogP contribution is 2.38. The molecule has 4 nitrogen and oxygen atoms in total. The fourth-order valence-electron chi connectivity index (χ4n) is 7.98. The van der Waals surface area contributed by atoms with E-state index in [-0.39, 0.29) is 0 Å². The maximum absolute atomic E-state index is 5.37. The van der Waals surface area contributed by atoms with Gasteiger partial charge in [0.25, 0.3) is 0 Å². The standard InChI is InChI=1S/C49H40N4/c1-3-33-28-32(2)14-4-7-22-44(42-20-10-9-17-39(33)42)48-51-47(35-26-24-34(25-27-35)38-29-37-16-6-13-23-46(37)50-31-38)52-49(53-48)45-30-36-15-5-8-18-40(36)41-19-11-12-21-43(41)45/h4-6,8-27,29-33H,3,7,28H2,1-2H3/b14-4-,44-22+/t32?,33-/m1/s1. The van der Waals surface area contributed by atoms with E-state index in [1.54, 1.807) is 0 Å². The molecule has 4 heteroatoms. The second-order valence-electron chi connectivity index (χ2n) is 14.2. The van der Waals surface area contributed by atoms with Gasteiger partial charge in [-0.1, -0.05) is 147 Å². The van der Waals surface area contributed by atoms with Crippen molar-refractivity contribution in [2.45, 2.75) is 39.0 Å². The van der Waals surface area contributed by atoms with Crippen molar-refractivity contribution in [2.24, 2.45) is 5.92 Å². The molecule has 256 valence electrons. The van der Waals surface area contributed by atoms with Crippen molar-refractivity contribution < 1.29 is 0 Å². The van der Waals surface area contributed by atoms with Crippen molar-refractivity contribution in [1.29, 1.82) is 0 Å². The number of rotatable bonds is 5. The topological polar surface area (TPSA) is 51.6 Å². The highest BCUT2D eigenvalue weighted by Gasteiger charge is 2.23. The molecule has 0 saturated heterocycles. The van der Waals surface area contributed by atoms with Gasteiger partial charge in [-0.25, -0.2) is 15.0 Å². The molecule has 0 bridgehead atoms. The molecule has 2 heterocycles. The summed E-state index contributed by atoms with van der Waals surface area (Å²) in [6.07, 6.45) is 11.9. The number of hydrogen-bond acceptors (Lipinski definition) is 4. The van der Waals surface area contributed by atoms with Gasteiger partial charge in [0, 0.05) is 33.8 Å². The zero-order chi connectivity index (χ0) is 35.7. The van der Waals surface area contributed by atoms with Crippen LogP contribution in [-0.4, -0.2) is 19.9 Å². The Morgan fingerprint density at radius 2 is 1.26 bits per heavy atom. The maximum Gasteiger partial charge on any atom is 0.164 e. The number of pyridine rings is 1. The molecule has 1 aliphatic rings. The normalized spacial score (nSPS) is 17.7. The smallest absolute Gasteiger partial charge is 0.164 e. The summed E-state index contributed by atoms with van der Waals surface area (Å²) in [5.41, 5.74) is 8.70. The van der Waals surface area contributed by atoms with Crippen LogP contribution >= 0.6 is 0 Å². The van der Waals surface area contributed by atoms with Crippen molar-refractivity contribution in [1.82, 2.24) is 19.9 Å². The van der Waals surface area contributed by atoms with Gasteiger partial charge in [-0.05, 0) is 87.5 Å². The van der Waals surface area contributed by atoms with Crippen LogP contribution in [0.3, 0.4) is 0 Å². The van der Waals surface area contributed by atoms with Gasteiger partial charge < -0.3 is 0 Å². The van der Waals surface area contributed by atoms with E-state index in [1.165, 1.54) is 21.9 Å². The number of nitrogens with zero attached hydrogens (tertiary/aromatic N) is 4. The van der Waals surface area contributed by atoms with E-state index in [2.05, 4.69) is 153 Å². The predicted molar refractivity (Wildman–Crippen MR) is 221 cm³/mol. The van der Waals surface area contributed by atoms with Crippen LogP contribution in [0.2, 0.25) is 0 Å². The molecule has 0 amide bonds. The molecule has 2 aromatic heterocycles. The van der Waals surface area contributed by atoms with Crippen LogP contribution < -0.4 is 0 Å². The van der Waals surface area contributed by atoms with Crippen LogP contribution in [-0.2, 0) is 0 Å². The minimum atomic E-state index is 0.426. The Morgan fingerprint density at radius 3 is 2.11 bits per heavy atom. The fourth-order valence-corrected chi connectivity index (χ4v) is 7.98. The number of allylic oxidation sites excluding steroid dienone is 3. The summed E-state index contributed by atoms with van der Waals surface area (Å²) in [5, 5.41) is 5.81. The second-order valence-corrected chi connectivity index (χ2v) is 14.2. The molecule has 0 spiro atoms. The number of fused-ring (bicyclic) bond motifs is 5. The summed E-state index contributed by atoms with van der Waals surface area (Å²) in [4.78, 5) is 20.7. The van der Waals surface area contributed by atoms with Gasteiger partial charge in [0.05, 0.1) is 5.52 Å². The summed E-state index contributed by atoms with van der Waals surface area (Å²) < 4.78 is 0. The molecule has 53 heavy (non-hydrogen) atoms. The lowest BCUT2D eigenvalue weighted by molar-refractivity contribution is 0.522. The Morgan fingerprint density at radius 1 is 0.585 bits per heavy atom. The summed E-state index contributed by atoms with van der Waals surface area (Å²) in [7, 11) is 0. The molecule has 1 unspecified atom stereocenters. The number of hydrogen-bond donors (Lipinski definition) is 0. The van der Waals surface area contributed by atoms with E-state index in [4.69, 9.17) is 19.9 Å². The van der Waals surface area contributed by atoms with Crippen molar-refractivity contribution in [3.05, 3.63) is 175 Å². The average molecular weight is 685 g/mol. The monoisotopic (exact) mass is 684 g/mol. The van der Waals surface area contributed by atoms with E-state index in [1.807, 2.05) is 18.3 Å². The second kappa shape index (κ2) is 14.0. The van der Waals surface area contributed by atoms with Crippen LogP contribution in [0.15, 0.2) is 158 Å². The van der Waals surface area contributed by atoms with Gasteiger partial charge in [0.15, 0.2) is 17.5 Å². The number of aromatic nitrogens is 4. The van der Waals surface area contributed by atoms with E-state index < -0.39 is 0 Å². The van der Waals surface area contributed by atoms with Gasteiger partial charge in [-0.3, -0.25) is 4.98 Å². The lowest BCUT2D eigenvalue weighted by Gasteiger charge is -2.23. The molecule has 1 aliphatic carbocycles. The van der Waals surface area contributed by atoms with E-state index in [9.17, 15) is 0 Å². The van der Waals surface area contributed by atoms with Crippen molar-refractivity contribution in [3.63, 3.8) is 0 Å². The highest BCUT2D eigenvalue weighted by atomic mass is 15.0. The average Bonchev–Trinajstić information content (AvgIpc) is 3.22. The third-order valence-corrected chi connectivity index (χ3v) is 10.7. The maximum atomic E-state index is 5.37. The van der Waals surface area contributed by atoms with Gasteiger partial charge in [0.2, 0.25) is 0 Å². The zero-order valence-corrected chi connectivity index (χ0v) is 30.1. The minimum absolute atomic E-state index is 0.426. The molecule has 0 N–H and O–H groups in total. The van der Waals surface area contributed by atoms with Gasteiger partial charge in [-0.15, -0.1) is 0 Å². The Labute approximate surface area is 310 Å². The minimum Gasteiger partial charge on any atom is -0.256 e. The van der Waals surface area contributed by atoms with Gasteiger partial charge in [0.1, 0.15) is 0 Å². The summed E-state index contributed by atoms with van der Waals surface area (Å²) in [5.74, 6) is 2.94. The van der Waals surface area contributed by atoms with Crippen LogP contribution in [0.1, 0.15) is 56.0 Å². The van der Waals surface area contributed by atoms with Crippen LogP contribution in [0.5, 0.6) is 0 Å². The predicted octanol–water partition coefficient (Wildman–Crippen LogP) is 12.6. The molecular weight excluding hydrogens is 645 g/mol. The lowest BCUT2D eigenvalue weighted by Crippen LogP contribution is -2.09. The van der Waals surface area contributed by atoms with Gasteiger partial charge in [-0.2, -0.15) is 0 Å². The van der Waals surface area contributed by atoms with Crippen molar-refractivity contribution >= 4 is 38.0 Å². The molecular formula is C49H40N4. The molecule has 2 atom stereocenters. The van der Waals surface area contributed by atoms with Crippen LogP contribution in [0.25, 0.3) is 71.9 Å². The first kappa shape index (κ1) is 32.6. The largest absolute Gasteiger partial charge is 0.256 e. The molecule has 0 radical (unpaired) electrons. The summed E-state index contributed by atoms with van der Waals surface area (Å²) >= 11 is 0. The van der Waals surface area contributed by atoms with E-state index in [0.29, 0.717) is 29.3 Å². The first-order valence-electron chi connectivity index (χ1n) is 18.7. The Bertz CT molecular complexity index is 2690. The molecule has 8 aromatic rings. The molecule has 0 saturated carbocycles. The molecule has 0 aliphatic heterocycles. The van der Waals surface area contributed by atoms with E-state index >= 15 is 0 Å². The summed E-state index contributed by atoms with van der Waals surface area (Å²) in [6.45, 7) is 4.63. The third kappa shape index (κ3) is 6.31. The summed E-state index contributed by atoms with van der Waals surface area (Å²) in [6, 6.07) is 47.2. The molecule has 0 fully saturated rings. The number of para-hydroxylation sites is 1. The first-order valence-corrected chi connectivity index (χ1v) is 18.7. The third-order valence-electron chi connectivity index (χ3n) is 10.7. The first-order chi connectivity index (χ1) is 26.1. The van der Waals surface area contributed by atoms with Crippen LogP contribution in [0, 0.1) is 5.92 Å². The SMILES string of the molecule is CC[C@@H]1CC(C)/C=C\C/C=C(/c2nc(-c3ccc(-c4cnc5ccccc5c4)cc3)nc(-c3cc4ccccc4c4ccccc34)n2)c2ccccc21. The van der Waals surface area contributed by atoms with Gasteiger partial charge >= 0.3 is 0 Å². The van der Waals surface area contributed by atoms with Crippen LogP contribution in [0.4, 0.5) is 0 Å². The Kier molecular flexibility index (Phi) is 8.65. The molecule has 6 aromatic carbocycles.